The van der Waals surface area contributed by atoms with Crippen LogP contribution < -0.4 is 4.90 Å². The second-order valence-electron chi connectivity index (χ2n) is 22.0. The molecule has 13 rings (SSSR count). The average Bonchev–Trinajstić information content (AvgIpc) is 3.91. The summed E-state index contributed by atoms with van der Waals surface area (Å²) in [4.78, 5) is 7.84. The zero-order valence-electron chi connectivity index (χ0n) is 41.4. The molecule has 0 atom stereocenters. The molecule has 0 aliphatic heterocycles. The minimum absolute atomic E-state index is 0.0320. The molecule has 2 aliphatic rings. The van der Waals surface area contributed by atoms with E-state index in [4.69, 9.17) is 4.98 Å². The minimum atomic E-state index is -0.172. The molecule has 0 bridgehead atoms. The highest BCUT2D eigenvalue weighted by atomic mass is 15.1. The van der Waals surface area contributed by atoms with Gasteiger partial charge in [0.15, 0.2) is 0 Å². The van der Waals surface area contributed by atoms with E-state index in [2.05, 4.69) is 265 Å². The van der Waals surface area contributed by atoms with Gasteiger partial charge in [-0.2, -0.15) is 0 Å². The topological polar surface area (TPSA) is 21.1 Å². The lowest BCUT2D eigenvalue weighted by molar-refractivity contribution is 0.125. The first-order chi connectivity index (χ1) is 33.8. The second-order valence-corrected chi connectivity index (χ2v) is 22.0. The summed E-state index contributed by atoms with van der Waals surface area (Å²) in [6.45, 7) is 19.6. The van der Waals surface area contributed by atoms with Crippen molar-refractivity contribution in [1.82, 2.24) is 9.55 Å². The minimum Gasteiger partial charge on any atom is -0.310 e. The molecular weight excluding hydrogens is 847 g/mol. The molecule has 2 aliphatic carbocycles. The van der Waals surface area contributed by atoms with Crippen LogP contribution >= 0.6 is 0 Å². The quantitative estimate of drug-likeness (QED) is 0.155. The normalized spacial score (nSPS) is 15.9. The first-order valence-corrected chi connectivity index (χ1v) is 25.0. The number of nitrogens with zero attached hydrogens (tertiary/aromatic N) is 3. The van der Waals surface area contributed by atoms with E-state index in [0.717, 1.165) is 39.5 Å². The number of rotatable bonds is 6. The van der Waals surface area contributed by atoms with E-state index in [1.54, 1.807) is 0 Å². The molecule has 11 aromatic rings. The molecule has 0 fully saturated rings. The third-order valence-electron chi connectivity index (χ3n) is 17.7. The van der Waals surface area contributed by atoms with E-state index in [1.165, 1.54) is 82.5 Å². The van der Waals surface area contributed by atoms with E-state index < -0.39 is 0 Å². The fraction of sp³-hybridized carbons (Fsp3) is 0.179. The molecule has 0 saturated heterocycles. The average molecular weight is 904 g/mol. The summed E-state index contributed by atoms with van der Waals surface area (Å²) in [7, 11) is 0. The van der Waals surface area contributed by atoms with Gasteiger partial charge >= 0.3 is 0 Å². The van der Waals surface area contributed by atoms with Crippen LogP contribution in [0.2, 0.25) is 0 Å². The van der Waals surface area contributed by atoms with Crippen LogP contribution in [0.1, 0.15) is 77.6 Å². The number of fused-ring (bicyclic) bond motifs is 11. The van der Waals surface area contributed by atoms with Gasteiger partial charge in [-0.3, -0.25) is 4.57 Å². The van der Waals surface area contributed by atoms with Gasteiger partial charge < -0.3 is 4.90 Å². The van der Waals surface area contributed by atoms with Gasteiger partial charge in [0.1, 0.15) is 5.82 Å². The number of hydrogen-bond donors (Lipinski definition) is 0. The Bertz CT molecular complexity index is 3900. The van der Waals surface area contributed by atoms with E-state index in [-0.39, 0.29) is 21.7 Å². The van der Waals surface area contributed by atoms with Crippen LogP contribution in [-0.2, 0) is 16.2 Å². The van der Waals surface area contributed by atoms with Gasteiger partial charge in [0.05, 0.1) is 16.7 Å². The molecule has 0 saturated carbocycles. The lowest BCUT2D eigenvalue weighted by Gasteiger charge is -2.44. The summed E-state index contributed by atoms with van der Waals surface area (Å²) < 4.78 is 2.29. The lowest BCUT2D eigenvalue weighted by Crippen LogP contribution is -2.42. The highest BCUT2D eigenvalue weighted by Gasteiger charge is 2.57. The molecule has 0 amide bonds. The van der Waals surface area contributed by atoms with Crippen LogP contribution in [0.5, 0.6) is 0 Å². The van der Waals surface area contributed by atoms with Crippen LogP contribution in [0, 0.1) is 5.41 Å². The van der Waals surface area contributed by atoms with Gasteiger partial charge in [-0.15, -0.1) is 0 Å². The molecule has 3 heteroatoms. The van der Waals surface area contributed by atoms with Gasteiger partial charge in [-0.05, 0) is 148 Å². The Labute approximate surface area is 411 Å². The molecule has 0 N–H and O–H groups in total. The molecule has 10 aromatic carbocycles. The van der Waals surface area contributed by atoms with E-state index in [1.807, 2.05) is 0 Å². The summed E-state index contributed by atoms with van der Waals surface area (Å²) in [5, 5.41) is 7.61. The van der Waals surface area contributed by atoms with Crippen LogP contribution in [0.25, 0.3) is 82.7 Å². The van der Waals surface area contributed by atoms with Crippen LogP contribution in [-0.4, -0.2) is 9.55 Å². The fourth-order valence-electron chi connectivity index (χ4n) is 12.6. The third kappa shape index (κ3) is 5.84. The summed E-state index contributed by atoms with van der Waals surface area (Å²) in [5.74, 6) is 0.928. The number of hydrogen-bond acceptors (Lipinski definition) is 2. The van der Waals surface area contributed by atoms with Gasteiger partial charge in [0, 0.05) is 33.6 Å². The zero-order valence-corrected chi connectivity index (χ0v) is 41.4. The molecule has 1 aromatic heterocycles. The zero-order chi connectivity index (χ0) is 47.9. The predicted molar refractivity (Wildman–Crippen MR) is 297 cm³/mol. The smallest absolute Gasteiger partial charge is 0.145 e. The summed E-state index contributed by atoms with van der Waals surface area (Å²) in [5.41, 5.74) is 17.8. The molecule has 3 nitrogen and oxygen atoms in total. The maximum absolute atomic E-state index is 5.26. The monoisotopic (exact) mass is 903 g/mol. The van der Waals surface area contributed by atoms with Gasteiger partial charge in [-0.25, -0.2) is 4.98 Å². The van der Waals surface area contributed by atoms with Crippen LogP contribution in [0.15, 0.2) is 200 Å². The molecule has 340 valence electrons. The first kappa shape index (κ1) is 42.4. The van der Waals surface area contributed by atoms with E-state index in [9.17, 15) is 0 Å². The van der Waals surface area contributed by atoms with Crippen molar-refractivity contribution < 1.29 is 0 Å². The second kappa shape index (κ2) is 14.9. The largest absolute Gasteiger partial charge is 0.310 e. The molecular formula is C67H57N3. The summed E-state index contributed by atoms with van der Waals surface area (Å²) in [6.07, 6.45) is 0. The third-order valence-corrected chi connectivity index (χ3v) is 17.7. The van der Waals surface area contributed by atoms with E-state index >= 15 is 0 Å². The number of para-hydroxylation sites is 3. The SMILES string of the molecule is CC1(C)c2ccccc2-c2ccc(N(c3ccc4c5ccccc5c5ccccc5c4c3)c3cc4c(cc3-c3ccc(-c5nc6ccccc6n5-c5ccccc5)cc3)C(C)(C)C(C)(C)C4(C)C)cc21. The Balaban J connectivity index is 1.08. The molecule has 0 radical (unpaired) electrons. The van der Waals surface area contributed by atoms with Crippen LogP contribution in [0.3, 0.4) is 0 Å². The molecule has 0 unspecified atom stereocenters. The van der Waals surface area contributed by atoms with Crippen molar-refractivity contribution in [2.45, 2.75) is 71.6 Å². The van der Waals surface area contributed by atoms with Gasteiger partial charge in [0.2, 0.25) is 0 Å². The lowest BCUT2D eigenvalue weighted by atomic mass is 9.59. The Kier molecular flexibility index (Phi) is 9.00. The maximum atomic E-state index is 5.26. The highest BCUT2D eigenvalue weighted by Crippen LogP contribution is 2.63. The van der Waals surface area contributed by atoms with Crippen molar-refractivity contribution in [2.75, 3.05) is 4.90 Å². The summed E-state index contributed by atoms with van der Waals surface area (Å²) in [6, 6.07) is 74.6. The molecule has 70 heavy (non-hydrogen) atoms. The van der Waals surface area contributed by atoms with Crippen molar-refractivity contribution >= 4 is 60.4 Å². The number of imidazole rings is 1. The Morgan fingerprint density at radius 2 is 0.914 bits per heavy atom. The maximum Gasteiger partial charge on any atom is 0.145 e. The number of aromatic nitrogens is 2. The van der Waals surface area contributed by atoms with Crippen molar-refractivity contribution in [3.8, 4) is 39.3 Å². The Hall–Kier alpha value is -7.75. The van der Waals surface area contributed by atoms with Gasteiger partial charge in [0.25, 0.3) is 0 Å². The summed E-state index contributed by atoms with van der Waals surface area (Å²) >= 11 is 0. The predicted octanol–water partition coefficient (Wildman–Crippen LogP) is 18.2. The van der Waals surface area contributed by atoms with Crippen LogP contribution in [0.4, 0.5) is 17.1 Å². The van der Waals surface area contributed by atoms with Gasteiger partial charge in [-0.1, -0.05) is 195 Å². The highest BCUT2D eigenvalue weighted by molar-refractivity contribution is 6.26. The fourth-order valence-corrected chi connectivity index (χ4v) is 12.6. The Morgan fingerprint density at radius 1 is 0.386 bits per heavy atom. The standard InChI is InChI=1S/C67H57N3/c1-64(2)56-27-17-16-26-52(56)53-37-35-46(39-57(53)64)69(45-34-36-51-49-24-13-12-22-47(49)48-23-14-15-25-50(48)55(51)38-45)62-41-59-58(65(3,4)67(7,8)66(59,5)6)40-54(62)42-30-32-43(33-31-42)63-68-60-28-18-19-29-61(60)70(63)44-20-10-9-11-21-44/h9-41H,1-8H3. The molecule has 0 spiro atoms. The number of benzene rings is 10. The van der Waals surface area contributed by atoms with Crippen molar-refractivity contribution in [3.63, 3.8) is 0 Å². The van der Waals surface area contributed by atoms with Crippen molar-refractivity contribution in [1.29, 1.82) is 0 Å². The number of anilines is 3. The molecule has 1 heterocycles. The Morgan fingerprint density at radius 3 is 1.61 bits per heavy atom. The van der Waals surface area contributed by atoms with Crippen molar-refractivity contribution in [2.24, 2.45) is 5.41 Å². The van der Waals surface area contributed by atoms with Crippen molar-refractivity contribution in [3.05, 3.63) is 222 Å². The first-order valence-electron chi connectivity index (χ1n) is 25.0. The van der Waals surface area contributed by atoms with E-state index in [0.29, 0.717) is 0 Å².